The van der Waals surface area contributed by atoms with Crippen LogP contribution >= 0.6 is 72.6 Å². The molecule has 0 saturated carbocycles. The zero-order valence-electron chi connectivity index (χ0n) is 19.9. The average molecular weight is 694 g/mol. The molecule has 5 aromatic rings. The van der Waals surface area contributed by atoms with Crippen LogP contribution < -0.4 is 0 Å². The first kappa shape index (κ1) is 27.5. The van der Waals surface area contributed by atoms with Gasteiger partial charge in [-0.05, 0) is 89.3 Å². The van der Waals surface area contributed by atoms with Crippen molar-refractivity contribution >= 4 is 83.8 Å². The lowest BCUT2D eigenvalue weighted by Gasteiger charge is -2.25. The highest BCUT2D eigenvalue weighted by atomic mass is 79.9. The number of hydrogen-bond donors (Lipinski definition) is 0. The molecule has 0 bridgehead atoms. The fourth-order valence-electron chi connectivity index (χ4n) is 4.50. The van der Waals surface area contributed by atoms with Crippen molar-refractivity contribution in [2.45, 2.75) is 31.6 Å². The maximum absolute atomic E-state index is 15.7. The van der Waals surface area contributed by atoms with E-state index in [-0.39, 0.29) is 16.0 Å². The second-order valence-corrected chi connectivity index (χ2v) is 16.0. The Balaban J connectivity index is 1.64. The summed E-state index contributed by atoms with van der Waals surface area (Å²) in [6.07, 6.45) is 0. The van der Waals surface area contributed by atoms with Gasteiger partial charge in [-0.1, -0.05) is 0 Å². The van der Waals surface area contributed by atoms with Gasteiger partial charge in [0.05, 0.1) is 8.66 Å². The first-order valence-electron chi connectivity index (χ1n) is 11.3. The van der Waals surface area contributed by atoms with Gasteiger partial charge >= 0.3 is 17.8 Å². The molecule has 0 atom stereocenters. The van der Waals surface area contributed by atoms with Gasteiger partial charge in [-0.25, -0.2) is 0 Å². The van der Waals surface area contributed by atoms with Crippen LogP contribution in [0.25, 0.3) is 40.4 Å². The molecule has 12 heteroatoms. The van der Waals surface area contributed by atoms with Crippen molar-refractivity contribution in [1.82, 2.24) is 0 Å². The summed E-state index contributed by atoms with van der Waals surface area (Å²) in [4.78, 5) is 5.30. The van der Waals surface area contributed by atoms with Gasteiger partial charge in [-0.3, -0.25) is 0 Å². The fraction of sp³-hybridized carbons (Fsp3) is 0.185. The highest BCUT2D eigenvalue weighted by Crippen LogP contribution is 2.66. The van der Waals surface area contributed by atoms with Crippen LogP contribution in [0.3, 0.4) is 0 Å². The monoisotopic (exact) mass is 692 g/mol. The Morgan fingerprint density at radius 3 is 1.77 bits per heavy atom. The minimum absolute atomic E-state index is 0.247. The lowest BCUT2D eigenvalue weighted by atomic mass is 9.95. The molecule has 0 aliphatic heterocycles. The second-order valence-electron chi connectivity index (χ2n) is 8.95. The normalized spacial score (nSPS) is 17.9. The van der Waals surface area contributed by atoms with E-state index in [0.29, 0.717) is 18.4 Å². The smallest absolute Gasteiger partial charge is 0.194 e. The van der Waals surface area contributed by atoms with Crippen molar-refractivity contribution in [2.24, 2.45) is 0 Å². The molecule has 0 spiro atoms. The van der Waals surface area contributed by atoms with Crippen LogP contribution in [0, 0.1) is 13.8 Å². The van der Waals surface area contributed by atoms with Gasteiger partial charge in [0.1, 0.15) is 0 Å². The zero-order chi connectivity index (χ0) is 27.9. The summed E-state index contributed by atoms with van der Waals surface area (Å²) in [6, 6.07) is 13.4. The number of allylic oxidation sites excluding steroid dienone is 2. The van der Waals surface area contributed by atoms with Crippen LogP contribution in [0.2, 0.25) is 0 Å². The molecular formula is C27H15BrF6S5. The molecule has 202 valence electrons. The third kappa shape index (κ3) is 4.25. The largest absolute Gasteiger partial charge is 0.380 e. The van der Waals surface area contributed by atoms with Crippen LogP contribution in [0.5, 0.6) is 0 Å². The Labute approximate surface area is 248 Å². The first-order chi connectivity index (χ1) is 18.3. The van der Waals surface area contributed by atoms with E-state index in [1.165, 1.54) is 51.5 Å². The van der Waals surface area contributed by atoms with Crippen molar-refractivity contribution in [3.05, 3.63) is 78.6 Å². The lowest BCUT2D eigenvalue weighted by Crippen LogP contribution is -2.48. The van der Waals surface area contributed by atoms with Gasteiger partial charge in [0.2, 0.25) is 0 Å². The Morgan fingerprint density at radius 2 is 1.21 bits per heavy atom. The third-order valence-corrected chi connectivity index (χ3v) is 12.6. The molecule has 6 rings (SSSR count). The molecule has 5 heterocycles. The van der Waals surface area contributed by atoms with E-state index in [0.717, 1.165) is 42.2 Å². The van der Waals surface area contributed by atoms with Gasteiger partial charge in [-0.2, -0.15) is 26.3 Å². The molecule has 0 radical (unpaired) electrons. The molecule has 1 aliphatic rings. The predicted octanol–water partition coefficient (Wildman–Crippen LogP) is 12.2. The lowest BCUT2D eigenvalue weighted by molar-refractivity contribution is -0.254. The highest BCUT2D eigenvalue weighted by Gasteiger charge is 2.80. The highest BCUT2D eigenvalue weighted by molar-refractivity contribution is 9.11. The maximum Gasteiger partial charge on any atom is 0.380 e. The molecule has 0 nitrogen and oxygen atoms in total. The molecule has 0 amide bonds. The summed E-state index contributed by atoms with van der Waals surface area (Å²) >= 11 is 9.59. The maximum atomic E-state index is 15.7. The zero-order valence-corrected chi connectivity index (χ0v) is 25.6. The summed E-state index contributed by atoms with van der Waals surface area (Å²) in [5, 5.41) is 1.27. The van der Waals surface area contributed by atoms with E-state index in [1.54, 1.807) is 18.2 Å². The van der Waals surface area contributed by atoms with E-state index in [2.05, 4.69) is 15.9 Å². The molecule has 39 heavy (non-hydrogen) atoms. The van der Waals surface area contributed by atoms with Crippen LogP contribution in [0.4, 0.5) is 26.3 Å². The van der Waals surface area contributed by atoms with E-state index < -0.39 is 28.9 Å². The molecule has 5 aromatic heterocycles. The SMILES string of the molecule is Cc1ccc(-c2cc(C3=C(c4cc(-c5ccc(C)s5)sc4-c4ccc(Br)s4)C(F)(F)C(F)(F)C3(F)F)cs2)s1. The quantitative estimate of drug-likeness (QED) is 0.161. The minimum Gasteiger partial charge on any atom is -0.194 e. The second kappa shape index (κ2) is 9.42. The topological polar surface area (TPSA) is 0 Å². The van der Waals surface area contributed by atoms with E-state index in [1.807, 2.05) is 32.0 Å². The van der Waals surface area contributed by atoms with Crippen LogP contribution in [0.15, 0.2) is 57.7 Å². The molecule has 0 N–H and O–H groups in total. The van der Waals surface area contributed by atoms with Gasteiger partial charge in [0.15, 0.2) is 0 Å². The number of thiophene rings is 5. The first-order valence-corrected chi connectivity index (χ1v) is 16.3. The molecular weight excluding hydrogens is 679 g/mol. The number of rotatable bonds is 5. The summed E-state index contributed by atoms with van der Waals surface area (Å²) in [5.74, 6) is -15.8. The van der Waals surface area contributed by atoms with Crippen molar-refractivity contribution in [1.29, 1.82) is 0 Å². The van der Waals surface area contributed by atoms with Crippen molar-refractivity contribution in [3.63, 3.8) is 0 Å². The Kier molecular flexibility index (Phi) is 6.63. The molecule has 1 aliphatic carbocycles. The summed E-state index contributed by atoms with van der Waals surface area (Å²) < 4.78 is 93.1. The van der Waals surface area contributed by atoms with E-state index in [4.69, 9.17) is 0 Å². The Hall–Kier alpha value is -1.70. The van der Waals surface area contributed by atoms with Crippen molar-refractivity contribution in [2.75, 3.05) is 0 Å². The standard InChI is InChI=1S/C27H15BrF6S5/c1-12-3-5-16(36-12)19-9-14(11-35-19)22-23(26(31,32)27(33,34)25(22,29)30)15-10-20(17-6-4-13(2)37-17)39-24(15)18-7-8-21(28)38-18/h3-11H,1-2H3. The number of aryl methyl sites for hydroxylation is 2. The minimum atomic E-state index is -5.61. The summed E-state index contributed by atoms with van der Waals surface area (Å²) in [5.41, 5.74) is -3.26. The van der Waals surface area contributed by atoms with Crippen LogP contribution in [-0.4, -0.2) is 17.8 Å². The van der Waals surface area contributed by atoms with Gasteiger partial charge in [0.25, 0.3) is 0 Å². The van der Waals surface area contributed by atoms with E-state index >= 15 is 26.3 Å². The molecule has 0 unspecified atom stereocenters. The number of hydrogen-bond acceptors (Lipinski definition) is 5. The molecule has 0 aromatic carbocycles. The van der Waals surface area contributed by atoms with Crippen LogP contribution in [-0.2, 0) is 0 Å². The summed E-state index contributed by atoms with van der Waals surface area (Å²) in [6.45, 7) is 3.76. The van der Waals surface area contributed by atoms with Gasteiger partial charge in [0, 0.05) is 50.8 Å². The molecule has 0 saturated heterocycles. The Morgan fingerprint density at radius 1 is 0.615 bits per heavy atom. The van der Waals surface area contributed by atoms with Crippen molar-refractivity contribution < 1.29 is 26.3 Å². The fourth-order valence-corrected chi connectivity index (χ4v) is 9.99. The van der Waals surface area contributed by atoms with Gasteiger partial charge < -0.3 is 0 Å². The molecule has 0 fully saturated rings. The Bertz CT molecular complexity index is 1740. The number of halogens is 7. The third-order valence-electron chi connectivity index (χ3n) is 6.32. The van der Waals surface area contributed by atoms with E-state index in [9.17, 15) is 0 Å². The summed E-state index contributed by atoms with van der Waals surface area (Å²) in [7, 11) is 0. The average Bonchev–Trinajstić information content (AvgIpc) is 3.67. The number of alkyl halides is 6. The van der Waals surface area contributed by atoms with Crippen LogP contribution in [0.1, 0.15) is 20.9 Å². The van der Waals surface area contributed by atoms with Crippen molar-refractivity contribution in [3.8, 4) is 29.3 Å². The predicted molar refractivity (Wildman–Crippen MR) is 157 cm³/mol. The van der Waals surface area contributed by atoms with Gasteiger partial charge in [-0.15, -0.1) is 56.7 Å².